The van der Waals surface area contributed by atoms with Crippen molar-refractivity contribution in [3.63, 3.8) is 0 Å². The van der Waals surface area contributed by atoms with Gasteiger partial charge in [-0.25, -0.2) is 0 Å². The molecular weight excluding hydrogens is 252 g/mol. The van der Waals surface area contributed by atoms with Gasteiger partial charge in [-0.2, -0.15) is 0 Å². The predicted octanol–water partition coefficient (Wildman–Crippen LogP) is 2.28. The third-order valence-electron chi connectivity index (χ3n) is 3.40. The molecule has 3 aromatic rings. The molecule has 0 atom stereocenters. The normalized spacial score (nSPS) is 13.0. The Morgan fingerprint density at radius 1 is 1.05 bits per heavy atom. The molecule has 1 aliphatic heterocycles. The van der Waals surface area contributed by atoms with Crippen LogP contribution in [0.1, 0.15) is 11.4 Å². The summed E-state index contributed by atoms with van der Waals surface area (Å²) in [5.41, 5.74) is 2.10. The van der Waals surface area contributed by atoms with E-state index in [-0.39, 0.29) is 0 Å². The second kappa shape index (κ2) is 4.45. The average molecular weight is 264 g/mol. The van der Waals surface area contributed by atoms with Crippen molar-refractivity contribution in [2.45, 2.75) is 13.2 Å². The summed E-state index contributed by atoms with van der Waals surface area (Å²) in [5.74, 6) is 2.57. The fourth-order valence-electron chi connectivity index (χ4n) is 2.40. The molecule has 0 saturated heterocycles. The quantitative estimate of drug-likeness (QED) is 0.676. The van der Waals surface area contributed by atoms with Crippen molar-refractivity contribution in [1.82, 2.24) is 19.7 Å². The van der Waals surface area contributed by atoms with Crippen LogP contribution in [0, 0.1) is 0 Å². The number of pyridine rings is 1. The van der Waals surface area contributed by atoms with Crippen molar-refractivity contribution < 1.29 is 4.74 Å². The van der Waals surface area contributed by atoms with Crippen molar-refractivity contribution >= 4 is 0 Å². The molecule has 98 valence electrons. The third-order valence-corrected chi connectivity index (χ3v) is 3.40. The van der Waals surface area contributed by atoms with Gasteiger partial charge >= 0.3 is 0 Å². The van der Waals surface area contributed by atoms with Gasteiger partial charge < -0.3 is 9.30 Å². The van der Waals surface area contributed by atoms with Gasteiger partial charge in [-0.1, -0.05) is 18.2 Å². The van der Waals surface area contributed by atoms with E-state index in [2.05, 4.69) is 25.8 Å². The van der Waals surface area contributed by atoms with Crippen molar-refractivity contribution in [2.24, 2.45) is 0 Å². The SMILES string of the molecule is c1cncc(-c2nnc3n2Cc2ccccc2OC3)c1. The number of hydrogen-bond donors (Lipinski definition) is 0. The molecular formula is C15H12N4O. The van der Waals surface area contributed by atoms with Crippen molar-refractivity contribution in [3.05, 3.63) is 60.2 Å². The van der Waals surface area contributed by atoms with Gasteiger partial charge in [0.25, 0.3) is 0 Å². The van der Waals surface area contributed by atoms with Crippen LogP contribution in [0.2, 0.25) is 0 Å². The van der Waals surface area contributed by atoms with E-state index in [1.54, 1.807) is 12.4 Å². The van der Waals surface area contributed by atoms with Crippen molar-refractivity contribution in [2.75, 3.05) is 0 Å². The Balaban J connectivity index is 1.83. The molecule has 4 rings (SSSR count). The average Bonchev–Trinajstić information content (AvgIpc) is 2.81. The van der Waals surface area contributed by atoms with Crippen LogP contribution in [-0.4, -0.2) is 19.7 Å². The summed E-state index contributed by atoms with van der Waals surface area (Å²) in [4.78, 5) is 4.14. The van der Waals surface area contributed by atoms with Crippen LogP contribution in [0.4, 0.5) is 0 Å². The summed E-state index contributed by atoms with van der Waals surface area (Å²) in [5, 5.41) is 8.51. The lowest BCUT2D eigenvalue weighted by atomic mass is 10.2. The van der Waals surface area contributed by atoms with Gasteiger partial charge in [0.1, 0.15) is 12.4 Å². The van der Waals surface area contributed by atoms with Gasteiger partial charge in [-0.05, 0) is 18.2 Å². The molecule has 1 aliphatic rings. The van der Waals surface area contributed by atoms with E-state index in [0.717, 1.165) is 28.5 Å². The largest absolute Gasteiger partial charge is 0.485 e. The summed E-state index contributed by atoms with van der Waals surface area (Å²) in [7, 11) is 0. The van der Waals surface area contributed by atoms with Crippen molar-refractivity contribution in [1.29, 1.82) is 0 Å². The first-order valence-corrected chi connectivity index (χ1v) is 6.45. The summed E-state index contributed by atoms with van der Waals surface area (Å²) < 4.78 is 7.87. The third kappa shape index (κ3) is 1.75. The van der Waals surface area contributed by atoms with Gasteiger partial charge in [-0.3, -0.25) is 4.98 Å². The molecule has 20 heavy (non-hydrogen) atoms. The number of benzene rings is 1. The molecule has 0 fully saturated rings. The highest BCUT2D eigenvalue weighted by Crippen LogP contribution is 2.27. The molecule has 0 spiro atoms. The van der Waals surface area contributed by atoms with Crippen LogP contribution in [0.15, 0.2) is 48.8 Å². The summed E-state index contributed by atoms with van der Waals surface area (Å²) >= 11 is 0. The topological polar surface area (TPSA) is 52.8 Å². The standard InChI is InChI=1S/C15H12N4O/c1-2-6-13-12(4-1)9-19-14(10-20-13)17-18-15(19)11-5-3-7-16-8-11/h1-8H,9-10H2. The van der Waals surface area contributed by atoms with Crippen LogP contribution in [0.3, 0.4) is 0 Å². The zero-order valence-corrected chi connectivity index (χ0v) is 10.7. The minimum absolute atomic E-state index is 0.435. The van der Waals surface area contributed by atoms with E-state index in [0.29, 0.717) is 13.2 Å². The lowest BCUT2D eigenvalue weighted by Crippen LogP contribution is -2.05. The number of para-hydroxylation sites is 1. The Kier molecular flexibility index (Phi) is 2.48. The smallest absolute Gasteiger partial charge is 0.171 e. The maximum atomic E-state index is 5.79. The van der Waals surface area contributed by atoms with E-state index in [1.165, 1.54) is 0 Å². The first-order chi connectivity index (χ1) is 9.92. The fraction of sp³-hybridized carbons (Fsp3) is 0.133. The summed E-state index contributed by atoms with van der Waals surface area (Å²) in [6, 6.07) is 11.9. The maximum absolute atomic E-state index is 5.79. The van der Waals surface area contributed by atoms with Crippen LogP contribution in [0.5, 0.6) is 5.75 Å². The molecule has 1 aromatic carbocycles. The van der Waals surface area contributed by atoms with Gasteiger partial charge in [0.05, 0.1) is 6.54 Å². The van der Waals surface area contributed by atoms with Crippen LogP contribution in [-0.2, 0) is 13.2 Å². The van der Waals surface area contributed by atoms with E-state index < -0.39 is 0 Å². The summed E-state index contributed by atoms with van der Waals surface area (Å²) in [6.45, 7) is 1.15. The molecule has 0 bridgehead atoms. The highest BCUT2D eigenvalue weighted by molar-refractivity contribution is 5.54. The van der Waals surface area contributed by atoms with Gasteiger partial charge in [0.2, 0.25) is 0 Å². The molecule has 0 radical (unpaired) electrons. The molecule has 2 aromatic heterocycles. The maximum Gasteiger partial charge on any atom is 0.171 e. The zero-order chi connectivity index (χ0) is 13.4. The monoisotopic (exact) mass is 264 g/mol. The Hall–Kier alpha value is -2.69. The van der Waals surface area contributed by atoms with Crippen LogP contribution >= 0.6 is 0 Å². The molecule has 0 saturated carbocycles. The first-order valence-electron chi connectivity index (χ1n) is 6.45. The molecule has 0 unspecified atom stereocenters. The molecule has 0 amide bonds. The highest BCUT2D eigenvalue weighted by Gasteiger charge is 2.19. The fourth-order valence-corrected chi connectivity index (χ4v) is 2.40. The Morgan fingerprint density at radius 3 is 2.90 bits per heavy atom. The molecule has 0 aliphatic carbocycles. The predicted molar refractivity (Wildman–Crippen MR) is 73.1 cm³/mol. The second-order valence-electron chi connectivity index (χ2n) is 4.66. The van der Waals surface area contributed by atoms with E-state index in [1.807, 2.05) is 30.3 Å². The molecule has 3 heterocycles. The lowest BCUT2D eigenvalue weighted by molar-refractivity contribution is 0.297. The number of aromatic nitrogens is 4. The van der Waals surface area contributed by atoms with Gasteiger partial charge in [0.15, 0.2) is 11.6 Å². The Bertz CT molecular complexity index is 752. The van der Waals surface area contributed by atoms with Crippen LogP contribution < -0.4 is 4.74 Å². The molecule has 5 nitrogen and oxygen atoms in total. The number of rotatable bonds is 1. The van der Waals surface area contributed by atoms with E-state index in [9.17, 15) is 0 Å². The number of fused-ring (bicyclic) bond motifs is 2. The Morgan fingerprint density at radius 2 is 2.00 bits per heavy atom. The van der Waals surface area contributed by atoms with Crippen molar-refractivity contribution in [3.8, 4) is 17.1 Å². The Labute approximate surface area is 115 Å². The molecule has 0 N–H and O–H groups in total. The van der Waals surface area contributed by atoms with Gasteiger partial charge in [-0.15, -0.1) is 10.2 Å². The second-order valence-corrected chi connectivity index (χ2v) is 4.66. The zero-order valence-electron chi connectivity index (χ0n) is 10.7. The minimum atomic E-state index is 0.435. The number of ether oxygens (including phenoxy) is 1. The molecule has 5 heteroatoms. The van der Waals surface area contributed by atoms with Gasteiger partial charge in [0, 0.05) is 23.5 Å². The van der Waals surface area contributed by atoms with E-state index >= 15 is 0 Å². The number of nitrogens with zero attached hydrogens (tertiary/aromatic N) is 4. The minimum Gasteiger partial charge on any atom is -0.485 e. The van der Waals surface area contributed by atoms with Crippen LogP contribution in [0.25, 0.3) is 11.4 Å². The van der Waals surface area contributed by atoms with E-state index in [4.69, 9.17) is 4.74 Å². The number of hydrogen-bond acceptors (Lipinski definition) is 4. The summed E-state index contributed by atoms with van der Waals surface area (Å²) in [6.07, 6.45) is 3.55. The lowest BCUT2D eigenvalue weighted by Gasteiger charge is -2.07. The first kappa shape index (κ1) is 11.2. The highest BCUT2D eigenvalue weighted by atomic mass is 16.5.